The van der Waals surface area contributed by atoms with Crippen molar-refractivity contribution < 1.29 is 14.7 Å². The molecule has 0 aromatic carbocycles. The molecule has 0 fully saturated rings. The van der Waals surface area contributed by atoms with E-state index in [0.717, 1.165) is 0 Å². The summed E-state index contributed by atoms with van der Waals surface area (Å²) in [5.74, 6) is -0.840. The van der Waals surface area contributed by atoms with Crippen LogP contribution in [0.2, 0.25) is 5.15 Å². The molecule has 5 nitrogen and oxygen atoms in total. The molecule has 0 saturated carbocycles. The number of halogens is 1. The Labute approximate surface area is 120 Å². The molecule has 1 atom stereocenters. The molecule has 0 unspecified atom stereocenters. The summed E-state index contributed by atoms with van der Waals surface area (Å²) in [6.45, 7) is 1.71. The lowest BCUT2D eigenvalue weighted by molar-refractivity contribution is -0.139. The third kappa shape index (κ3) is 5.08. The summed E-state index contributed by atoms with van der Waals surface area (Å²) in [4.78, 5) is 26.9. The molecule has 19 heavy (non-hydrogen) atoms. The van der Waals surface area contributed by atoms with E-state index in [2.05, 4.69) is 10.3 Å². The molecule has 7 heteroatoms. The number of hydrogen-bond acceptors (Lipinski definition) is 4. The summed E-state index contributed by atoms with van der Waals surface area (Å²) in [6.07, 6.45) is 2.26. The predicted molar refractivity (Wildman–Crippen MR) is 75.9 cm³/mol. The molecule has 0 spiro atoms. The number of carbonyl (C=O) groups excluding carboxylic acids is 1. The summed E-state index contributed by atoms with van der Waals surface area (Å²) in [5, 5.41) is 11.7. The monoisotopic (exact) mass is 302 g/mol. The minimum atomic E-state index is -1.04. The van der Waals surface area contributed by atoms with Crippen molar-refractivity contribution in [2.75, 3.05) is 12.0 Å². The van der Waals surface area contributed by atoms with Crippen LogP contribution >= 0.6 is 23.4 Å². The van der Waals surface area contributed by atoms with E-state index < -0.39 is 17.9 Å². The fourth-order valence-electron chi connectivity index (χ4n) is 1.49. The second-order valence-electron chi connectivity index (χ2n) is 3.97. The first-order valence-corrected chi connectivity index (χ1v) is 7.38. The maximum Gasteiger partial charge on any atom is 0.326 e. The highest BCUT2D eigenvalue weighted by Crippen LogP contribution is 2.11. The summed E-state index contributed by atoms with van der Waals surface area (Å²) in [6, 6.07) is 2.08. The Morgan fingerprint density at radius 3 is 2.74 bits per heavy atom. The van der Waals surface area contributed by atoms with Gasteiger partial charge < -0.3 is 10.4 Å². The van der Waals surface area contributed by atoms with Crippen LogP contribution < -0.4 is 5.32 Å². The van der Waals surface area contributed by atoms with Crippen molar-refractivity contribution >= 4 is 35.2 Å². The second kappa shape index (κ2) is 7.35. The van der Waals surface area contributed by atoms with E-state index in [9.17, 15) is 9.59 Å². The Morgan fingerprint density at radius 1 is 1.53 bits per heavy atom. The van der Waals surface area contributed by atoms with Crippen LogP contribution in [0, 0.1) is 6.92 Å². The van der Waals surface area contributed by atoms with Crippen LogP contribution in [-0.4, -0.2) is 40.0 Å². The number of hydrogen-bond donors (Lipinski definition) is 2. The molecule has 0 aliphatic rings. The van der Waals surface area contributed by atoms with Crippen LogP contribution in [0.3, 0.4) is 0 Å². The molecule has 1 amide bonds. The van der Waals surface area contributed by atoms with Crippen molar-refractivity contribution in [3.8, 4) is 0 Å². The number of carboxylic acid groups (broad SMARTS) is 1. The molecule has 104 valence electrons. The Kier molecular flexibility index (Phi) is 6.11. The molecular formula is C12H15ClN2O3S. The van der Waals surface area contributed by atoms with Crippen LogP contribution in [0.15, 0.2) is 12.1 Å². The van der Waals surface area contributed by atoms with Gasteiger partial charge in [0.25, 0.3) is 5.91 Å². The average Bonchev–Trinajstić information content (AvgIpc) is 2.32. The zero-order valence-electron chi connectivity index (χ0n) is 10.6. The van der Waals surface area contributed by atoms with Gasteiger partial charge in [-0.3, -0.25) is 4.79 Å². The van der Waals surface area contributed by atoms with Gasteiger partial charge in [0.05, 0.1) is 0 Å². The Morgan fingerprint density at radius 2 is 2.21 bits per heavy atom. The zero-order chi connectivity index (χ0) is 14.4. The molecule has 1 heterocycles. The topological polar surface area (TPSA) is 79.3 Å². The first-order chi connectivity index (χ1) is 8.93. The van der Waals surface area contributed by atoms with Gasteiger partial charge in [0.15, 0.2) is 0 Å². The van der Waals surface area contributed by atoms with Gasteiger partial charge >= 0.3 is 5.97 Å². The minimum Gasteiger partial charge on any atom is -0.480 e. The molecule has 1 aromatic heterocycles. The molecular weight excluding hydrogens is 288 g/mol. The largest absolute Gasteiger partial charge is 0.480 e. The predicted octanol–water partition coefficient (Wildman–Crippen LogP) is 1.98. The number of pyridine rings is 1. The van der Waals surface area contributed by atoms with Gasteiger partial charge in [-0.1, -0.05) is 11.6 Å². The summed E-state index contributed by atoms with van der Waals surface area (Å²) in [7, 11) is 0. The lowest BCUT2D eigenvalue weighted by atomic mass is 10.2. The van der Waals surface area contributed by atoms with E-state index >= 15 is 0 Å². The van der Waals surface area contributed by atoms with Crippen LogP contribution in [0.25, 0.3) is 0 Å². The van der Waals surface area contributed by atoms with Gasteiger partial charge in [0.1, 0.15) is 11.2 Å². The van der Waals surface area contributed by atoms with Gasteiger partial charge in [-0.05, 0) is 37.5 Å². The van der Waals surface area contributed by atoms with E-state index in [1.54, 1.807) is 13.0 Å². The fraction of sp³-hybridized carbons (Fsp3) is 0.417. The first kappa shape index (κ1) is 15.8. The molecule has 0 radical (unpaired) electrons. The summed E-state index contributed by atoms with van der Waals surface area (Å²) < 4.78 is 0. The van der Waals surface area contributed by atoms with Crippen molar-refractivity contribution in [1.29, 1.82) is 0 Å². The lowest BCUT2D eigenvalue weighted by Crippen LogP contribution is -2.41. The normalized spacial score (nSPS) is 11.9. The molecule has 0 saturated heterocycles. The molecule has 0 aliphatic carbocycles. The number of aryl methyl sites for hydroxylation is 1. The fourth-order valence-corrected chi connectivity index (χ4v) is 2.22. The number of amides is 1. The molecule has 0 bridgehead atoms. The number of aliphatic carboxylic acids is 1. The zero-order valence-corrected chi connectivity index (χ0v) is 12.2. The highest BCUT2D eigenvalue weighted by molar-refractivity contribution is 7.98. The van der Waals surface area contributed by atoms with E-state index in [4.69, 9.17) is 16.7 Å². The van der Waals surface area contributed by atoms with Crippen molar-refractivity contribution in [3.05, 3.63) is 28.5 Å². The van der Waals surface area contributed by atoms with Crippen molar-refractivity contribution in [3.63, 3.8) is 0 Å². The van der Waals surface area contributed by atoms with Gasteiger partial charge in [-0.2, -0.15) is 11.8 Å². The number of carboxylic acids is 1. The lowest BCUT2D eigenvalue weighted by Gasteiger charge is -2.14. The van der Waals surface area contributed by atoms with Crippen LogP contribution in [0.5, 0.6) is 0 Å². The van der Waals surface area contributed by atoms with Crippen LogP contribution in [-0.2, 0) is 4.79 Å². The van der Waals surface area contributed by atoms with E-state index in [1.807, 2.05) is 6.26 Å². The number of nitrogens with zero attached hydrogens (tertiary/aromatic N) is 1. The van der Waals surface area contributed by atoms with Crippen molar-refractivity contribution in [1.82, 2.24) is 10.3 Å². The van der Waals surface area contributed by atoms with Gasteiger partial charge in [-0.15, -0.1) is 0 Å². The first-order valence-electron chi connectivity index (χ1n) is 5.61. The van der Waals surface area contributed by atoms with E-state index in [-0.39, 0.29) is 5.15 Å². The quantitative estimate of drug-likeness (QED) is 0.786. The van der Waals surface area contributed by atoms with Gasteiger partial charge in [-0.25, -0.2) is 9.78 Å². The van der Waals surface area contributed by atoms with Crippen LogP contribution in [0.1, 0.15) is 22.5 Å². The van der Waals surface area contributed by atoms with Crippen molar-refractivity contribution in [2.24, 2.45) is 0 Å². The van der Waals surface area contributed by atoms with E-state index in [0.29, 0.717) is 23.4 Å². The Hall–Kier alpha value is -1.27. The highest BCUT2D eigenvalue weighted by Gasteiger charge is 2.20. The Balaban J connectivity index is 2.78. The number of rotatable bonds is 6. The van der Waals surface area contributed by atoms with Gasteiger partial charge in [0, 0.05) is 11.3 Å². The summed E-state index contributed by atoms with van der Waals surface area (Å²) in [5.41, 5.74) is 0.918. The smallest absolute Gasteiger partial charge is 0.326 e. The number of thioether (sulfide) groups is 1. The second-order valence-corrected chi connectivity index (χ2v) is 5.34. The van der Waals surface area contributed by atoms with E-state index in [1.165, 1.54) is 17.8 Å². The minimum absolute atomic E-state index is 0.209. The average molecular weight is 303 g/mol. The third-order valence-electron chi connectivity index (χ3n) is 2.40. The number of aromatic nitrogens is 1. The molecule has 0 aliphatic heterocycles. The number of nitrogens with one attached hydrogen (secondary N) is 1. The maximum absolute atomic E-state index is 12.0. The highest BCUT2D eigenvalue weighted by atomic mass is 35.5. The standard InChI is InChI=1S/C12H15ClN2O3S/c1-7-5-8(6-10(13)14-7)11(16)15-9(12(17)18)3-4-19-2/h5-6,9H,3-4H2,1-2H3,(H,15,16)(H,17,18)/t9-/m1/s1. The van der Waals surface area contributed by atoms with Crippen LogP contribution in [0.4, 0.5) is 0 Å². The molecule has 1 aromatic rings. The van der Waals surface area contributed by atoms with Crippen molar-refractivity contribution in [2.45, 2.75) is 19.4 Å². The van der Waals surface area contributed by atoms with Gasteiger partial charge in [0.2, 0.25) is 0 Å². The molecule has 2 N–H and O–H groups in total. The maximum atomic E-state index is 12.0. The summed E-state index contributed by atoms with van der Waals surface area (Å²) >= 11 is 7.30. The molecule has 1 rings (SSSR count). The third-order valence-corrected chi connectivity index (χ3v) is 3.24. The SMILES string of the molecule is CSCC[C@@H](NC(=O)c1cc(C)nc(Cl)c1)C(=O)O. The number of carbonyl (C=O) groups is 2. The Bertz CT molecular complexity index is 462.